The Morgan fingerprint density at radius 3 is 2.22 bits per heavy atom. The van der Waals surface area contributed by atoms with Crippen LogP contribution in [0.1, 0.15) is 15.9 Å². The Bertz CT molecular complexity index is 1080. The van der Waals surface area contributed by atoms with Crippen molar-refractivity contribution >= 4 is 11.8 Å². The SMILES string of the molecule is COc1ccc(C(=O)N2CCN(C(=O)Cc3ccc(-n4cnnn4)cc3)CC2)cc1OC. The molecule has 4 rings (SSSR count). The Balaban J connectivity index is 1.32. The molecule has 10 heteroatoms. The van der Waals surface area contributed by atoms with Crippen molar-refractivity contribution in [3.05, 3.63) is 59.9 Å². The summed E-state index contributed by atoms with van der Waals surface area (Å²) in [6, 6.07) is 12.7. The van der Waals surface area contributed by atoms with E-state index in [1.54, 1.807) is 39.8 Å². The summed E-state index contributed by atoms with van der Waals surface area (Å²) in [7, 11) is 3.09. The van der Waals surface area contributed by atoms with Crippen LogP contribution in [-0.2, 0) is 11.2 Å². The molecule has 1 fully saturated rings. The molecule has 0 aliphatic carbocycles. The lowest BCUT2D eigenvalue weighted by Gasteiger charge is -2.35. The summed E-state index contributed by atoms with van der Waals surface area (Å²) in [6.07, 6.45) is 1.82. The summed E-state index contributed by atoms with van der Waals surface area (Å²) in [5.41, 5.74) is 2.27. The minimum Gasteiger partial charge on any atom is -0.493 e. The first-order valence-electron chi connectivity index (χ1n) is 10.2. The third kappa shape index (κ3) is 4.53. The van der Waals surface area contributed by atoms with Crippen LogP contribution in [-0.4, -0.2) is 82.2 Å². The summed E-state index contributed by atoms with van der Waals surface area (Å²) in [6.45, 7) is 1.97. The van der Waals surface area contributed by atoms with Crippen molar-refractivity contribution in [3.8, 4) is 17.2 Å². The number of tetrazole rings is 1. The van der Waals surface area contributed by atoms with Crippen molar-refractivity contribution < 1.29 is 19.1 Å². The van der Waals surface area contributed by atoms with E-state index >= 15 is 0 Å². The zero-order chi connectivity index (χ0) is 22.5. The second-order valence-electron chi connectivity index (χ2n) is 7.34. The number of benzene rings is 2. The van der Waals surface area contributed by atoms with Crippen LogP contribution in [0.15, 0.2) is 48.8 Å². The van der Waals surface area contributed by atoms with Gasteiger partial charge in [0.15, 0.2) is 11.5 Å². The molecule has 1 aliphatic rings. The summed E-state index contributed by atoms with van der Waals surface area (Å²) >= 11 is 0. The molecule has 166 valence electrons. The number of piperazine rings is 1. The molecule has 0 unspecified atom stereocenters. The maximum atomic E-state index is 12.9. The van der Waals surface area contributed by atoms with Crippen LogP contribution in [0.4, 0.5) is 0 Å². The second kappa shape index (κ2) is 9.46. The third-order valence-corrected chi connectivity index (χ3v) is 5.46. The predicted octanol–water partition coefficient (Wildman–Crippen LogP) is 1.21. The van der Waals surface area contributed by atoms with Gasteiger partial charge in [-0.25, -0.2) is 4.68 Å². The zero-order valence-corrected chi connectivity index (χ0v) is 18.0. The lowest BCUT2D eigenvalue weighted by atomic mass is 10.1. The first kappa shape index (κ1) is 21.3. The standard InChI is InChI=1S/C22H24N6O4/c1-31-19-8-5-17(14-20(19)32-2)22(30)27-11-9-26(10-12-27)21(29)13-16-3-6-18(7-4-16)28-15-23-24-25-28/h3-8,14-15H,9-13H2,1-2H3. The number of methoxy groups -OCH3 is 2. The number of carbonyl (C=O) groups is 2. The molecule has 1 saturated heterocycles. The molecule has 2 aromatic carbocycles. The van der Waals surface area contributed by atoms with Gasteiger partial charge in [0.2, 0.25) is 5.91 Å². The van der Waals surface area contributed by atoms with Crippen molar-refractivity contribution in [3.63, 3.8) is 0 Å². The smallest absolute Gasteiger partial charge is 0.254 e. The molecule has 3 aromatic rings. The van der Waals surface area contributed by atoms with Gasteiger partial charge < -0.3 is 19.3 Å². The maximum Gasteiger partial charge on any atom is 0.254 e. The van der Waals surface area contributed by atoms with Crippen molar-refractivity contribution in [2.45, 2.75) is 6.42 Å². The van der Waals surface area contributed by atoms with Crippen molar-refractivity contribution in [2.24, 2.45) is 0 Å². The Morgan fingerprint density at radius 2 is 1.59 bits per heavy atom. The molecule has 10 nitrogen and oxygen atoms in total. The summed E-state index contributed by atoms with van der Waals surface area (Å²) < 4.78 is 12.1. The molecule has 1 aromatic heterocycles. The number of amides is 2. The lowest BCUT2D eigenvalue weighted by Crippen LogP contribution is -2.51. The van der Waals surface area contributed by atoms with E-state index in [4.69, 9.17) is 9.47 Å². The Hall–Kier alpha value is -3.95. The fraction of sp³-hybridized carbons (Fsp3) is 0.318. The number of ether oxygens (including phenoxy) is 2. The van der Waals surface area contributed by atoms with Crippen LogP contribution in [0.2, 0.25) is 0 Å². The average Bonchev–Trinajstić information content (AvgIpc) is 3.38. The molecule has 1 aliphatic heterocycles. The molecule has 2 heterocycles. The van der Waals surface area contributed by atoms with Gasteiger partial charge in [-0.15, -0.1) is 5.10 Å². The van der Waals surface area contributed by atoms with Crippen molar-refractivity contribution in [2.75, 3.05) is 40.4 Å². The summed E-state index contributed by atoms with van der Waals surface area (Å²) in [4.78, 5) is 29.2. The van der Waals surface area contributed by atoms with Gasteiger partial charge in [0.05, 0.1) is 26.3 Å². The van der Waals surface area contributed by atoms with E-state index in [0.717, 1.165) is 11.3 Å². The molecule has 0 radical (unpaired) electrons. The molecule has 2 amide bonds. The van der Waals surface area contributed by atoms with Crippen LogP contribution >= 0.6 is 0 Å². The predicted molar refractivity (Wildman–Crippen MR) is 115 cm³/mol. The van der Waals surface area contributed by atoms with Gasteiger partial charge in [-0.2, -0.15) is 0 Å². The van der Waals surface area contributed by atoms with Gasteiger partial charge in [0.1, 0.15) is 6.33 Å². The molecule has 0 saturated carbocycles. The van der Waals surface area contributed by atoms with E-state index < -0.39 is 0 Å². The van der Waals surface area contributed by atoms with Crippen LogP contribution in [0.5, 0.6) is 11.5 Å². The topological polar surface area (TPSA) is 103 Å². The Kier molecular flexibility index (Phi) is 6.29. The van der Waals surface area contributed by atoms with Gasteiger partial charge in [-0.3, -0.25) is 9.59 Å². The summed E-state index contributed by atoms with van der Waals surface area (Å²) in [5.74, 6) is 1.04. The highest BCUT2D eigenvalue weighted by atomic mass is 16.5. The Morgan fingerprint density at radius 1 is 0.906 bits per heavy atom. The van der Waals surface area contributed by atoms with E-state index in [-0.39, 0.29) is 11.8 Å². The highest BCUT2D eigenvalue weighted by molar-refractivity contribution is 5.95. The highest BCUT2D eigenvalue weighted by Crippen LogP contribution is 2.28. The fourth-order valence-electron chi connectivity index (χ4n) is 3.64. The zero-order valence-electron chi connectivity index (χ0n) is 18.0. The van der Waals surface area contributed by atoms with E-state index in [1.165, 1.54) is 13.4 Å². The quantitative estimate of drug-likeness (QED) is 0.572. The molecule has 0 spiro atoms. The van der Waals surface area contributed by atoms with Crippen LogP contribution in [0.3, 0.4) is 0 Å². The first-order chi connectivity index (χ1) is 15.6. The number of rotatable bonds is 6. The lowest BCUT2D eigenvalue weighted by molar-refractivity contribution is -0.131. The van der Waals surface area contributed by atoms with Crippen LogP contribution in [0.25, 0.3) is 5.69 Å². The van der Waals surface area contributed by atoms with Crippen LogP contribution < -0.4 is 9.47 Å². The van der Waals surface area contributed by atoms with Crippen LogP contribution in [0, 0.1) is 0 Å². The number of carbonyl (C=O) groups excluding carboxylic acids is 2. The van der Waals surface area contributed by atoms with E-state index in [0.29, 0.717) is 49.7 Å². The van der Waals surface area contributed by atoms with Gasteiger partial charge in [0, 0.05) is 31.7 Å². The van der Waals surface area contributed by atoms with Gasteiger partial charge >= 0.3 is 0 Å². The number of nitrogens with zero attached hydrogens (tertiary/aromatic N) is 6. The Labute approximate surface area is 185 Å². The largest absolute Gasteiger partial charge is 0.493 e. The summed E-state index contributed by atoms with van der Waals surface area (Å²) in [5, 5.41) is 11.1. The monoisotopic (exact) mass is 436 g/mol. The van der Waals surface area contributed by atoms with E-state index in [2.05, 4.69) is 15.5 Å². The van der Waals surface area contributed by atoms with Crippen molar-refractivity contribution in [1.29, 1.82) is 0 Å². The molecule has 0 N–H and O–H groups in total. The molecular formula is C22H24N6O4. The third-order valence-electron chi connectivity index (χ3n) is 5.46. The van der Waals surface area contributed by atoms with Crippen molar-refractivity contribution in [1.82, 2.24) is 30.0 Å². The van der Waals surface area contributed by atoms with E-state index in [9.17, 15) is 9.59 Å². The molecule has 0 bridgehead atoms. The maximum absolute atomic E-state index is 12.9. The van der Waals surface area contributed by atoms with Gasteiger partial charge in [-0.05, 0) is 46.3 Å². The number of hydrogen-bond acceptors (Lipinski definition) is 7. The van der Waals surface area contributed by atoms with Gasteiger partial charge in [0.25, 0.3) is 5.91 Å². The highest BCUT2D eigenvalue weighted by Gasteiger charge is 2.25. The number of hydrogen-bond donors (Lipinski definition) is 0. The molecule has 0 atom stereocenters. The fourth-order valence-corrected chi connectivity index (χ4v) is 3.64. The van der Waals surface area contributed by atoms with E-state index in [1.807, 2.05) is 24.3 Å². The minimum atomic E-state index is -0.0868. The number of aromatic nitrogens is 4. The molecule has 32 heavy (non-hydrogen) atoms. The van der Waals surface area contributed by atoms with Gasteiger partial charge in [-0.1, -0.05) is 12.1 Å². The average molecular weight is 436 g/mol. The first-order valence-corrected chi connectivity index (χ1v) is 10.2. The normalized spacial score (nSPS) is 13.7. The second-order valence-corrected chi connectivity index (χ2v) is 7.34. The molecular weight excluding hydrogens is 412 g/mol. The minimum absolute atomic E-state index is 0.0402.